The summed E-state index contributed by atoms with van der Waals surface area (Å²) in [6.07, 6.45) is 2.52. The minimum Gasteiger partial charge on any atom is -0.364 e. The Labute approximate surface area is 104 Å². The van der Waals surface area contributed by atoms with Crippen molar-refractivity contribution in [3.05, 3.63) is 27.4 Å². The molecule has 0 radical (unpaired) electrons. The number of pyridine rings is 1. The van der Waals surface area contributed by atoms with E-state index in [-0.39, 0.29) is 16.7 Å². The van der Waals surface area contributed by atoms with Crippen molar-refractivity contribution in [2.75, 3.05) is 11.9 Å². The number of hydrogen-bond acceptors (Lipinski definition) is 4. The van der Waals surface area contributed by atoms with Crippen LogP contribution in [0.4, 0.5) is 11.5 Å². The summed E-state index contributed by atoms with van der Waals surface area (Å²) in [4.78, 5) is 14.3. The van der Waals surface area contributed by atoms with Crippen molar-refractivity contribution in [3.63, 3.8) is 0 Å². The fourth-order valence-electron chi connectivity index (χ4n) is 1.79. The van der Waals surface area contributed by atoms with Gasteiger partial charge in [0.05, 0.1) is 4.92 Å². The largest absolute Gasteiger partial charge is 0.364 e. The third-order valence-corrected chi connectivity index (χ3v) is 3.27. The fourth-order valence-corrected chi connectivity index (χ4v) is 1.94. The van der Waals surface area contributed by atoms with Gasteiger partial charge in [0.15, 0.2) is 0 Å². The number of hydrogen-bond donors (Lipinski definition) is 1. The van der Waals surface area contributed by atoms with E-state index in [0.717, 1.165) is 5.92 Å². The molecule has 0 aliphatic heterocycles. The fraction of sp³-hybridized carbons (Fsp3) is 0.545. The van der Waals surface area contributed by atoms with Crippen molar-refractivity contribution in [1.82, 2.24) is 4.98 Å². The van der Waals surface area contributed by atoms with Crippen LogP contribution in [-0.4, -0.2) is 16.5 Å². The van der Waals surface area contributed by atoms with E-state index in [1.807, 2.05) is 0 Å². The molecule has 1 fully saturated rings. The number of anilines is 1. The summed E-state index contributed by atoms with van der Waals surface area (Å²) in [5, 5.41) is 14.1. The van der Waals surface area contributed by atoms with Crippen LogP contribution in [0.5, 0.6) is 0 Å². The van der Waals surface area contributed by atoms with Crippen molar-refractivity contribution in [2.45, 2.75) is 19.8 Å². The highest BCUT2D eigenvalue weighted by Gasteiger charge is 2.28. The third kappa shape index (κ3) is 3.06. The molecular formula is C11H14ClN3O2. The van der Waals surface area contributed by atoms with Gasteiger partial charge < -0.3 is 5.32 Å². The lowest BCUT2D eigenvalue weighted by molar-refractivity contribution is -0.384. The Hall–Kier alpha value is -1.36. The van der Waals surface area contributed by atoms with Crippen LogP contribution in [0.2, 0.25) is 5.15 Å². The number of halogens is 1. The van der Waals surface area contributed by atoms with Crippen LogP contribution in [0.25, 0.3) is 0 Å². The van der Waals surface area contributed by atoms with Gasteiger partial charge in [-0.3, -0.25) is 10.1 Å². The highest BCUT2D eigenvalue weighted by atomic mass is 35.5. The second kappa shape index (κ2) is 4.87. The highest BCUT2D eigenvalue weighted by Crippen LogP contribution is 2.36. The van der Waals surface area contributed by atoms with Crippen LogP contribution in [-0.2, 0) is 0 Å². The highest BCUT2D eigenvalue weighted by molar-refractivity contribution is 6.29. The zero-order valence-corrected chi connectivity index (χ0v) is 10.3. The average molecular weight is 256 g/mol. The Morgan fingerprint density at radius 2 is 2.35 bits per heavy atom. The molecule has 0 aromatic carbocycles. The molecule has 1 aliphatic rings. The molecule has 0 amide bonds. The standard InChI is InChI=1S/C11H14ClN3O2/c1-7(8-2-3-8)6-13-11-9(15(16)17)4-5-10(12)14-11/h4-5,7-8H,2-3,6H2,1H3,(H,13,14). The summed E-state index contributed by atoms with van der Waals surface area (Å²) < 4.78 is 0. The van der Waals surface area contributed by atoms with E-state index in [1.165, 1.54) is 25.0 Å². The Bertz CT molecular complexity index is 435. The van der Waals surface area contributed by atoms with Crippen LogP contribution < -0.4 is 5.32 Å². The lowest BCUT2D eigenvalue weighted by Gasteiger charge is -2.11. The molecule has 1 saturated carbocycles. The Balaban J connectivity index is 2.07. The molecule has 2 rings (SSSR count). The van der Waals surface area contributed by atoms with Crippen LogP contribution in [0.3, 0.4) is 0 Å². The van der Waals surface area contributed by atoms with E-state index in [0.29, 0.717) is 12.5 Å². The zero-order chi connectivity index (χ0) is 12.4. The van der Waals surface area contributed by atoms with E-state index in [9.17, 15) is 10.1 Å². The van der Waals surface area contributed by atoms with Gasteiger partial charge in [0.2, 0.25) is 5.82 Å². The first-order valence-electron chi connectivity index (χ1n) is 5.62. The summed E-state index contributed by atoms with van der Waals surface area (Å²) in [5.74, 6) is 1.52. The van der Waals surface area contributed by atoms with Crippen LogP contribution in [0.15, 0.2) is 12.1 Å². The van der Waals surface area contributed by atoms with Gasteiger partial charge in [0.25, 0.3) is 0 Å². The summed E-state index contributed by atoms with van der Waals surface area (Å²) in [6, 6.07) is 2.80. The molecule has 1 aromatic heterocycles. The quantitative estimate of drug-likeness (QED) is 0.499. The molecule has 1 aromatic rings. The summed E-state index contributed by atoms with van der Waals surface area (Å²) in [6.45, 7) is 2.83. The monoisotopic (exact) mass is 255 g/mol. The van der Waals surface area contributed by atoms with Crippen LogP contribution in [0, 0.1) is 22.0 Å². The van der Waals surface area contributed by atoms with Crippen LogP contribution >= 0.6 is 11.6 Å². The predicted molar refractivity (Wildman–Crippen MR) is 66.3 cm³/mol. The third-order valence-electron chi connectivity index (χ3n) is 3.05. The van der Waals surface area contributed by atoms with E-state index >= 15 is 0 Å². The molecule has 0 bridgehead atoms. The molecular weight excluding hydrogens is 242 g/mol. The second-order valence-electron chi connectivity index (χ2n) is 4.45. The maximum atomic E-state index is 10.8. The SMILES string of the molecule is CC(CNc1nc(Cl)ccc1[N+](=O)[O-])C1CC1. The molecule has 1 atom stereocenters. The number of aromatic nitrogens is 1. The van der Waals surface area contributed by atoms with E-state index in [2.05, 4.69) is 17.2 Å². The lowest BCUT2D eigenvalue weighted by atomic mass is 10.1. The number of nitro groups is 1. The number of nitrogens with zero attached hydrogens (tertiary/aromatic N) is 2. The van der Waals surface area contributed by atoms with Crippen molar-refractivity contribution < 1.29 is 4.92 Å². The topological polar surface area (TPSA) is 68.1 Å². The summed E-state index contributed by atoms with van der Waals surface area (Å²) in [7, 11) is 0. The molecule has 6 heteroatoms. The molecule has 5 nitrogen and oxygen atoms in total. The van der Waals surface area contributed by atoms with Gasteiger partial charge in [0.1, 0.15) is 5.15 Å². The molecule has 1 heterocycles. The van der Waals surface area contributed by atoms with E-state index in [4.69, 9.17) is 11.6 Å². The first-order chi connectivity index (χ1) is 8.08. The molecule has 92 valence electrons. The average Bonchev–Trinajstić information content (AvgIpc) is 3.09. The molecule has 0 saturated heterocycles. The Kier molecular flexibility index (Phi) is 3.47. The normalized spacial score (nSPS) is 16.6. The molecule has 1 aliphatic carbocycles. The second-order valence-corrected chi connectivity index (χ2v) is 4.84. The Morgan fingerprint density at radius 3 is 2.94 bits per heavy atom. The lowest BCUT2D eigenvalue weighted by Crippen LogP contribution is -2.14. The number of rotatable bonds is 5. The minimum atomic E-state index is -0.451. The van der Waals surface area contributed by atoms with Gasteiger partial charge >= 0.3 is 5.69 Å². The first kappa shape index (κ1) is 12.1. The molecule has 1 N–H and O–H groups in total. The predicted octanol–water partition coefficient (Wildman–Crippen LogP) is 3.10. The van der Waals surface area contributed by atoms with Gasteiger partial charge in [-0.15, -0.1) is 0 Å². The van der Waals surface area contributed by atoms with E-state index < -0.39 is 4.92 Å². The maximum absolute atomic E-state index is 10.8. The Morgan fingerprint density at radius 1 is 1.65 bits per heavy atom. The van der Waals surface area contributed by atoms with Crippen LogP contribution in [0.1, 0.15) is 19.8 Å². The van der Waals surface area contributed by atoms with Gasteiger partial charge in [-0.1, -0.05) is 18.5 Å². The van der Waals surface area contributed by atoms with Crippen molar-refractivity contribution in [1.29, 1.82) is 0 Å². The first-order valence-corrected chi connectivity index (χ1v) is 6.00. The van der Waals surface area contributed by atoms with Gasteiger partial charge in [-0.05, 0) is 30.7 Å². The zero-order valence-electron chi connectivity index (χ0n) is 9.52. The van der Waals surface area contributed by atoms with Crippen molar-refractivity contribution >= 4 is 23.1 Å². The van der Waals surface area contributed by atoms with Gasteiger partial charge in [-0.2, -0.15) is 0 Å². The molecule has 0 spiro atoms. The van der Waals surface area contributed by atoms with Crippen molar-refractivity contribution in [3.8, 4) is 0 Å². The van der Waals surface area contributed by atoms with Crippen molar-refractivity contribution in [2.24, 2.45) is 11.8 Å². The molecule has 17 heavy (non-hydrogen) atoms. The van der Waals surface area contributed by atoms with Gasteiger partial charge in [-0.25, -0.2) is 4.98 Å². The summed E-state index contributed by atoms with van der Waals surface area (Å²) >= 11 is 5.74. The smallest absolute Gasteiger partial charge is 0.311 e. The minimum absolute atomic E-state index is 0.0302. The maximum Gasteiger partial charge on any atom is 0.311 e. The molecule has 1 unspecified atom stereocenters. The number of nitrogens with one attached hydrogen (secondary N) is 1. The summed E-state index contributed by atoms with van der Waals surface area (Å²) in [5.41, 5.74) is -0.0302. The van der Waals surface area contributed by atoms with Gasteiger partial charge in [0, 0.05) is 12.6 Å². The van der Waals surface area contributed by atoms with E-state index in [1.54, 1.807) is 0 Å².